The molecular weight excluding hydrogens is 309 g/mol. The molecule has 0 bridgehead atoms. The van der Waals surface area contributed by atoms with Gasteiger partial charge in [-0.3, -0.25) is 0 Å². The van der Waals surface area contributed by atoms with Crippen molar-refractivity contribution in [3.63, 3.8) is 0 Å². The van der Waals surface area contributed by atoms with Gasteiger partial charge in [0.15, 0.2) is 11.6 Å². The highest BCUT2D eigenvalue weighted by molar-refractivity contribution is 6.30. The summed E-state index contributed by atoms with van der Waals surface area (Å²) in [6, 6.07) is 10.2. The number of rotatable bonds is 4. The predicted octanol–water partition coefficient (Wildman–Crippen LogP) is 3.62. The number of nitrogens with two attached hydrogens (primary N) is 1. The third-order valence-corrected chi connectivity index (χ3v) is 2.94. The molecule has 0 atom stereocenters. The molecular formula is C15H13ClFN3O2. The number of amides is 2. The summed E-state index contributed by atoms with van der Waals surface area (Å²) in [5.41, 5.74) is 5.78. The molecule has 2 aromatic carbocycles. The van der Waals surface area contributed by atoms with Crippen LogP contribution in [-0.4, -0.2) is 24.3 Å². The van der Waals surface area contributed by atoms with Gasteiger partial charge in [-0.05, 0) is 48.0 Å². The van der Waals surface area contributed by atoms with Crippen LogP contribution in [0.2, 0.25) is 5.02 Å². The van der Waals surface area contributed by atoms with Crippen molar-refractivity contribution in [1.29, 1.82) is 0 Å². The predicted molar refractivity (Wildman–Crippen MR) is 82.9 cm³/mol. The van der Waals surface area contributed by atoms with Gasteiger partial charge in [0.25, 0.3) is 0 Å². The molecule has 0 saturated heterocycles. The molecule has 0 unspecified atom stereocenters. The van der Waals surface area contributed by atoms with E-state index in [9.17, 15) is 9.18 Å². The molecule has 0 radical (unpaired) electrons. The Morgan fingerprint density at radius 1 is 1.32 bits per heavy atom. The SMILES string of the molecule is CN(N=Cc1ccc(Oc2ccc(Cl)cc2F)cc1)C(N)=O. The van der Waals surface area contributed by atoms with E-state index >= 15 is 0 Å². The van der Waals surface area contributed by atoms with Crippen LogP contribution in [0.4, 0.5) is 9.18 Å². The van der Waals surface area contributed by atoms with Crippen molar-refractivity contribution in [1.82, 2.24) is 5.01 Å². The molecule has 2 aromatic rings. The van der Waals surface area contributed by atoms with Gasteiger partial charge in [0.05, 0.1) is 6.21 Å². The standard InChI is InChI=1S/C15H13ClFN3O2/c1-20(15(18)21)19-9-10-2-5-12(6-3-10)22-14-7-4-11(16)8-13(14)17/h2-9H,1H3,(H2,18,21). The Labute approximate surface area is 131 Å². The van der Waals surface area contributed by atoms with E-state index < -0.39 is 11.8 Å². The molecule has 0 aliphatic rings. The summed E-state index contributed by atoms with van der Waals surface area (Å²) in [4.78, 5) is 10.8. The molecule has 0 aliphatic carbocycles. The van der Waals surface area contributed by atoms with Crippen molar-refractivity contribution in [2.24, 2.45) is 10.8 Å². The Balaban J connectivity index is 2.07. The van der Waals surface area contributed by atoms with Crippen LogP contribution in [0.15, 0.2) is 47.6 Å². The monoisotopic (exact) mass is 321 g/mol. The number of benzene rings is 2. The highest BCUT2D eigenvalue weighted by Gasteiger charge is 2.05. The van der Waals surface area contributed by atoms with Gasteiger partial charge in [0.1, 0.15) is 5.75 Å². The lowest BCUT2D eigenvalue weighted by Gasteiger charge is -2.08. The number of hydrogen-bond acceptors (Lipinski definition) is 3. The van der Waals surface area contributed by atoms with Crippen LogP contribution in [-0.2, 0) is 0 Å². The van der Waals surface area contributed by atoms with E-state index in [2.05, 4.69) is 5.10 Å². The van der Waals surface area contributed by atoms with Crippen LogP contribution in [0, 0.1) is 5.82 Å². The van der Waals surface area contributed by atoms with E-state index in [1.54, 1.807) is 30.3 Å². The number of hydrogen-bond donors (Lipinski definition) is 1. The van der Waals surface area contributed by atoms with E-state index in [4.69, 9.17) is 22.1 Å². The maximum atomic E-state index is 13.6. The summed E-state index contributed by atoms with van der Waals surface area (Å²) in [5.74, 6) is 0.00197. The summed E-state index contributed by atoms with van der Waals surface area (Å²) in [6.45, 7) is 0. The minimum atomic E-state index is -0.658. The van der Waals surface area contributed by atoms with Crippen molar-refractivity contribution in [3.05, 3.63) is 58.9 Å². The first-order chi connectivity index (χ1) is 10.5. The third kappa shape index (κ3) is 4.20. The summed E-state index contributed by atoms with van der Waals surface area (Å²) in [7, 11) is 1.44. The highest BCUT2D eigenvalue weighted by Crippen LogP contribution is 2.26. The van der Waals surface area contributed by atoms with Crippen LogP contribution in [0.1, 0.15) is 5.56 Å². The first-order valence-corrected chi connectivity index (χ1v) is 6.63. The minimum absolute atomic E-state index is 0.0827. The van der Waals surface area contributed by atoms with Crippen molar-refractivity contribution in [2.45, 2.75) is 0 Å². The molecule has 7 heteroatoms. The van der Waals surface area contributed by atoms with Crippen LogP contribution in [0.5, 0.6) is 11.5 Å². The van der Waals surface area contributed by atoms with Crippen LogP contribution in [0.3, 0.4) is 0 Å². The number of primary amides is 1. The number of urea groups is 1. The summed E-state index contributed by atoms with van der Waals surface area (Å²) in [5, 5.41) is 5.16. The average molecular weight is 322 g/mol. The normalized spacial score (nSPS) is 10.7. The summed E-state index contributed by atoms with van der Waals surface area (Å²) in [6.07, 6.45) is 1.47. The van der Waals surface area contributed by atoms with Gasteiger partial charge in [-0.15, -0.1) is 0 Å². The largest absolute Gasteiger partial charge is 0.454 e. The lowest BCUT2D eigenvalue weighted by Crippen LogP contribution is -2.27. The van der Waals surface area contributed by atoms with E-state index in [0.717, 1.165) is 10.6 Å². The number of halogens is 2. The molecule has 2 rings (SSSR count). The van der Waals surface area contributed by atoms with Gasteiger partial charge in [-0.1, -0.05) is 11.6 Å². The van der Waals surface area contributed by atoms with Crippen molar-refractivity contribution in [2.75, 3.05) is 7.05 Å². The molecule has 0 saturated carbocycles. The molecule has 0 aliphatic heterocycles. The maximum Gasteiger partial charge on any atom is 0.334 e. The van der Waals surface area contributed by atoms with Crippen LogP contribution >= 0.6 is 11.6 Å². The number of hydrazone groups is 1. The molecule has 2 N–H and O–H groups in total. The molecule has 2 amide bonds. The molecule has 5 nitrogen and oxygen atoms in total. The number of ether oxygens (including phenoxy) is 1. The first-order valence-electron chi connectivity index (χ1n) is 6.26. The van der Waals surface area contributed by atoms with Crippen molar-refractivity contribution >= 4 is 23.8 Å². The Hall–Kier alpha value is -2.60. The fourth-order valence-electron chi connectivity index (χ4n) is 1.52. The summed E-state index contributed by atoms with van der Waals surface area (Å²) < 4.78 is 19.0. The average Bonchev–Trinajstić information content (AvgIpc) is 2.49. The molecule has 0 fully saturated rings. The Morgan fingerprint density at radius 3 is 2.59 bits per heavy atom. The van der Waals surface area contributed by atoms with Gasteiger partial charge in [-0.2, -0.15) is 5.10 Å². The van der Waals surface area contributed by atoms with Gasteiger partial charge in [0, 0.05) is 12.1 Å². The zero-order chi connectivity index (χ0) is 16.1. The maximum absolute atomic E-state index is 13.6. The van der Waals surface area contributed by atoms with Gasteiger partial charge < -0.3 is 10.5 Å². The summed E-state index contributed by atoms with van der Waals surface area (Å²) >= 11 is 5.68. The van der Waals surface area contributed by atoms with Crippen molar-refractivity contribution in [3.8, 4) is 11.5 Å². The number of carbonyl (C=O) groups excluding carboxylic acids is 1. The number of nitrogens with zero attached hydrogens (tertiary/aromatic N) is 2. The molecule has 22 heavy (non-hydrogen) atoms. The lowest BCUT2D eigenvalue weighted by molar-refractivity contribution is 0.220. The zero-order valence-electron chi connectivity index (χ0n) is 11.7. The van der Waals surface area contributed by atoms with E-state index in [1.165, 1.54) is 25.4 Å². The minimum Gasteiger partial charge on any atom is -0.454 e. The number of carbonyl (C=O) groups is 1. The second-order valence-electron chi connectivity index (χ2n) is 4.35. The van der Waals surface area contributed by atoms with Gasteiger partial charge >= 0.3 is 6.03 Å². The van der Waals surface area contributed by atoms with Crippen molar-refractivity contribution < 1.29 is 13.9 Å². The van der Waals surface area contributed by atoms with Crippen LogP contribution < -0.4 is 10.5 Å². The lowest BCUT2D eigenvalue weighted by atomic mass is 10.2. The fraction of sp³-hybridized carbons (Fsp3) is 0.0667. The second-order valence-corrected chi connectivity index (χ2v) is 4.79. The van der Waals surface area contributed by atoms with E-state index in [1.807, 2.05) is 0 Å². The van der Waals surface area contributed by atoms with E-state index in [0.29, 0.717) is 10.8 Å². The van der Waals surface area contributed by atoms with Gasteiger partial charge in [0.2, 0.25) is 0 Å². The highest BCUT2D eigenvalue weighted by atomic mass is 35.5. The Bertz CT molecular complexity index is 704. The first kappa shape index (κ1) is 15.8. The molecule has 0 aromatic heterocycles. The Kier molecular flexibility index (Phi) is 4.95. The second kappa shape index (κ2) is 6.91. The Morgan fingerprint density at radius 2 is 2.00 bits per heavy atom. The zero-order valence-corrected chi connectivity index (χ0v) is 12.4. The van der Waals surface area contributed by atoms with E-state index in [-0.39, 0.29) is 5.75 Å². The topological polar surface area (TPSA) is 67.9 Å². The fourth-order valence-corrected chi connectivity index (χ4v) is 1.68. The third-order valence-electron chi connectivity index (χ3n) is 2.70. The molecule has 0 spiro atoms. The smallest absolute Gasteiger partial charge is 0.334 e. The quantitative estimate of drug-likeness (QED) is 0.690. The van der Waals surface area contributed by atoms with Gasteiger partial charge in [-0.25, -0.2) is 14.2 Å². The molecule has 0 heterocycles. The van der Waals surface area contributed by atoms with Crippen LogP contribution in [0.25, 0.3) is 0 Å². The molecule has 114 valence electrons.